The van der Waals surface area contributed by atoms with Crippen molar-refractivity contribution in [1.82, 2.24) is 4.57 Å². The summed E-state index contributed by atoms with van der Waals surface area (Å²) >= 11 is 4.64. The summed E-state index contributed by atoms with van der Waals surface area (Å²) in [6.07, 6.45) is 11.5. The van der Waals surface area contributed by atoms with E-state index in [0.29, 0.717) is 0 Å². The molecule has 4 aromatic rings. The molecule has 0 fully saturated rings. The largest absolute Gasteiger partial charge is 2.00 e. The average molecular weight is 465 g/mol. The predicted molar refractivity (Wildman–Crippen MR) is 119 cm³/mol. The average Bonchev–Trinajstić information content (AvgIpc) is 3.46. The summed E-state index contributed by atoms with van der Waals surface area (Å²) in [4.78, 5) is 0. The second kappa shape index (κ2) is 10.7. The van der Waals surface area contributed by atoms with Gasteiger partial charge in [0.25, 0.3) is 0 Å². The van der Waals surface area contributed by atoms with Crippen molar-refractivity contribution in [3.63, 3.8) is 0 Å². The molecule has 28 heavy (non-hydrogen) atoms. The molecule has 0 bridgehead atoms. The van der Waals surface area contributed by atoms with E-state index in [1.165, 1.54) is 45.0 Å². The van der Waals surface area contributed by atoms with Gasteiger partial charge in [0, 0.05) is 17.5 Å². The topological polar surface area (TPSA) is 4.93 Å². The molecular weight excluding hydrogens is 441 g/mol. The van der Waals surface area contributed by atoms with Crippen LogP contribution in [0.3, 0.4) is 0 Å². The molecule has 5 rings (SSSR count). The number of allylic oxidation sites excluding steroid dienone is 4. The molecule has 3 aromatic carbocycles. The first-order chi connectivity index (χ1) is 13.3. The van der Waals surface area contributed by atoms with Crippen LogP contribution in [-0.4, -0.2) is 11.0 Å². The van der Waals surface area contributed by atoms with Crippen LogP contribution in [0.15, 0.2) is 78.9 Å². The Kier molecular flexibility index (Phi) is 8.61. The van der Waals surface area contributed by atoms with Crippen molar-refractivity contribution in [2.24, 2.45) is 0 Å². The maximum Gasteiger partial charge on any atom is 2.00 e. The van der Waals surface area contributed by atoms with Crippen LogP contribution < -0.4 is 0 Å². The molecule has 140 valence electrons. The summed E-state index contributed by atoms with van der Waals surface area (Å²) in [5.74, 6) is 0. The van der Waals surface area contributed by atoms with E-state index in [-0.39, 0.29) is 26.2 Å². The molecule has 1 nitrogen and oxygen atoms in total. The molecule has 0 aliphatic heterocycles. The van der Waals surface area contributed by atoms with Crippen LogP contribution in [0.5, 0.6) is 0 Å². The summed E-state index contributed by atoms with van der Waals surface area (Å²) < 4.78 is 2.37. The van der Waals surface area contributed by atoms with Gasteiger partial charge in [-0.05, 0) is 31.2 Å². The van der Waals surface area contributed by atoms with Crippen molar-refractivity contribution in [2.75, 3.05) is 6.38 Å². The molecule has 0 saturated carbocycles. The van der Waals surface area contributed by atoms with Gasteiger partial charge in [0.2, 0.25) is 0 Å². The van der Waals surface area contributed by atoms with Crippen molar-refractivity contribution in [1.29, 1.82) is 0 Å². The van der Waals surface area contributed by atoms with Crippen molar-refractivity contribution >= 4 is 33.3 Å². The van der Waals surface area contributed by atoms with Crippen molar-refractivity contribution < 1.29 is 26.2 Å². The number of rotatable bonds is 1. The second-order valence-electron chi connectivity index (χ2n) is 6.41. The van der Waals surface area contributed by atoms with Crippen LogP contribution in [0.4, 0.5) is 0 Å². The van der Waals surface area contributed by atoms with E-state index in [1.807, 2.05) is 12.2 Å². The van der Waals surface area contributed by atoms with Gasteiger partial charge in [-0.2, -0.15) is 6.08 Å². The number of halogens is 1. The number of nitrogens with zero attached hydrogens (tertiary/aromatic N) is 1. The summed E-state index contributed by atoms with van der Waals surface area (Å²) in [6, 6.07) is 21.7. The predicted octanol–water partition coefficient (Wildman–Crippen LogP) is 7.28. The molecule has 0 unspecified atom stereocenters. The van der Waals surface area contributed by atoms with E-state index in [0.717, 1.165) is 6.42 Å². The Labute approximate surface area is 191 Å². The van der Waals surface area contributed by atoms with E-state index in [1.54, 1.807) is 0 Å². The molecule has 1 aliphatic rings. The third kappa shape index (κ3) is 4.62. The van der Waals surface area contributed by atoms with E-state index in [2.05, 4.69) is 103 Å². The SMILES string of the molecule is CCl.Cc1c(C)n(-c2cc3ccccc3[cH-]2)c2ccccc12.[C-]1=CC=CC1.[Zr+2]. The number of aryl methyl sites for hydroxylation is 1. The molecule has 1 aromatic heterocycles. The van der Waals surface area contributed by atoms with Gasteiger partial charge in [-0.15, -0.1) is 59.1 Å². The normalized spacial score (nSPS) is 11.6. The zero-order valence-electron chi connectivity index (χ0n) is 16.5. The smallest absolute Gasteiger partial charge is 0.332 e. The molecule has 0 spiro atoms. The quantitative estimate of drug-likeness (QED) is 0.206. The summed E-state index contributed by atoms with van der Waals surface area (Å²) in [5, 5.41) is 3.95. The van der Waals surface area contributed by atoms with Gasteiger partial charge in [-0.25, -0.2) is 12.2 Å². The van der Waals surface area contributed by atoms with Gasteiger partial charge in [0.15, 0.2) is 0 Å². The maximum absolute atomic E-state index is 4.64. The number of para-hydroxylation sites is 1. The first-order valence-corrected chi connectivity index (χ1v) is 9.83. The van der Waals surface area contributed by atoms with Crippen molar-refractivity contribution in [3.05, 3.63) is 96.2 Å². The fraction of sp³-hybridized carbons (Fsp3) is 0.160. The zero-order chi connectivity index (χ0) is 19.2. The van der Waals surface area contributed by atoms with Gasteiger partial charge in [0.1, 0.15) is 0 Å². The molecule has 0 radical (unpaired) electrons. The minimum atomic E-state index is 0. The Morgan fingerprint density at radius 3 is 2.36 bits per heavy atom. The third-order valence-electron chi connectivity index (χ3n) is 4.87. The van der Waals surface area contributed by atoms with Crippen LogP contribution in [0, 0.1) is 19.9 Å². The van der Waals surface area contributed by atoms with Gasteiger partial charge < -0.3 is 4.57 Å². The Hall–Kier alpha value is -1.76. The van der Waals surface area contributed by atoms with Crippen molar-refractivity contribution in [3.8, 4) is 5.69 Å². The number of alkyl halides is 1. The van der Waals surface area contributed by atoms with Crippen LogP contribution in [-0.2, 0) is 26.2 Å². The summed E-state index contributed by atoms with van der Waals surface area (Å²) in [5.41, 5.74) is 5.23. The Morgan fingerprint density at radius 2 is 1.71 bits per heavy atom. The monoisotopic (exact) mass is 463 g/mol. The van der Waals surface area contributed by atoms with Gasteiger partial charge >= 0.3 is 26.2 Å². The molecule has 0 amide bonds. The fourth-order valence-corrected chi connectivity index (χ4v) is 3.47. The van der Waals surface area contributed by atoms with Gasteiger partial charge in [-0.1, -0.05) is 24.3 Å². The number of aromatic nitrogens is 1. The molecule has 0 atom stereocenters. The number of hydrogen-bond acceptors (Lipinski definition) is 0. The first kappa shape index (κ1) is 22.5. The molecule has 1 aliphatic carbocycles. The van der Waals surface area contributed by atoms with Crippen LogP contribution >= 0.6 is 11.6 Å². The number of hydrogen-bond donors (Lipinski definition) is 0. The molecule has 1 heterocycles. The molecular formula is C25H24ClNZr. The van der Waals surface area contributed by atoms with E-state index in [4.69, 9.17) is 0 Å². The van der Waals surface area contributed by atoms with E-state index in [9.17, 15) is 0 Å². The van der Waals surface area contributed by atoms with Crippen LogP contribution in [0.1, 0.15) is 17.7 Å². The zero-order valence-corrected chi connectivity index (χ0v) is 19.8. The van der Waals surface area contributed by atoms with Crippen LogP contribution in [0.25, 0.3) is 27.4 Å². The molecule has 3 heteroatoms. The minimum absolute atomic E-state index is 0. The first-order valence-electron chi connectivity index (χ1n) is 9.08. The second-order valence-corrected chi connectivity index (χ2v) is 6.41. The van der Waals surface area contributed by atoms with E-state index < -0.39 is 0 Å². The van der Waals surface area contributed by atoms with Crippen LogP contribution in [0.2, 0.25) is 0 Å². The van der Waals surface area contributed by atoms with Gasteiger partial charge in [0.05, 0.1) is 5.52 Å². The Morgan fingerprint density at radius 1 is 1.00 bits per heavy atom. The number of benzene rings is 2. The molecule has 0 saturated heterocycles. The van der Waals surface area contributed by atoms with Crippen molar-refractivity contribution in [2.45, 2.75) is 20.3 Å². The maximum atomic E-state index is 4.64. The minimum Gasteiger partial charge on any atom is -0.332 e. The summed E-state index contributed by atoms with van der Waals surface area (Å²) in [7, 11) is 0. The standard InChI is InChI=1S/C19H16N.C5H5.CH3Cl.Zr/c1-13-14(2)20(19-10-6-5-9-18(13)19)17-11-15-7-3-4-8-16(15)12-17;1-2-4-5-3-1;1-2;/h3-12H,1-2H3;1-3H,4H2;1H3;/q2*-1;;+2. The molecule has 0 N–H and O–H groups in total. The van der Waals surface area contributed by atoms with Gasteiger partial charge in [-0.3, -0.25) is 6.08 Å². The number of fused-ring (bicyclic) bond motifs is 2. The fourth-order valence-electron chi connectivity index (χ4n) is 3.47. The summed E-state index contributed by atoms with van der Waals surface area (Å²) in [6.45, 7) is 4.41. The Bertz CT molecular complexity index is 1060. The Balaban J connectivity index is 0.000000303. The third-order valence-corrected chi connectivity index (χ3v) is 4.87. The van der Waals surface area contributed by atoms with E-state index >= 15 is 0 Å².